The molecule has 0 fully saturated rings. The van der Waals surface area contributed by atoms with E-state index in [1.165, 1.54) is 4.90 Å². The maximum atomic E-state index is 11.3. The van der Waals surface area contributed by atoms with Crippen molar-refractivity contribution in [2.45, 2.75) is 39.3 Å². The highest BCUT2D eigenvalue weighted by Crippen LogP contribution is 2.22. The summed E-state index contributed by atoms with van der Waals surface area (Å²) in [7, 11) is 0. The van der Waals surface area contributed by atoms with Crippen LogP contribution in [0.3, 0.4) is 0 Å². The molecule has 0 spiro atoms. The summed E-state index contributed by atoms with van der Waals surface area (Å²) in [5.74, 6) is 0.466. The summed E-state index contributed by atoms with van der Waals surface area (Å²) in [5, 5.41) is 9.28. The van der Waals surface area contributed by atoms with Crippen molar-refractivity contribution < 1.29 is 14.6 Å². The lowest BCUT2D eigenvalue weighted by atomic mass is 10.0. The molecule has 0 unspecified atom stereocenters. The molecule has 1 N–H and O–H groups in total. The molecule has 1 aromatic rings. The molecule has 106 valence electrons. The summed E-state index contributed by atoms with van der Waals surface area (Å²) in [6.45, 7) is 7.63. The molecule has 0 bridgehead atoms. The predicted molar refractivity (Wildman–Crippen MR) is 76.5 cm³/mol. The Morgan fingerprint density at radius 1 is 1.58 bits per heavy atom. The van der Waals surface area contributed by atoms with Crippen LogP contribution in [-0.2, 0) is 0 Å². The second-order valence-corrected chi connectivity index (χ2v) is 6.13. The van der Waals surface area contributed by atoms with E-state index >= 15 is 0 Å². The van der Waals surface area contributed by atoms with E-state index in [1.54, 1.807) is 12.3 Å². The summed E-state index contributed by atoms with van der Waals surface area (Å²) in [4.78, 5) is 16.8. The average molecular weight is 331 g/mol. The van der Waals surface area contributed by atoms with Crippen LogP contribution in [0.25, 0.3) is 0 Å². The van der Waals surface area contributed by atoms with Gasteiger partial charge in [0.25, 0.3) is 0 Å². The Morgan fingerprint density at radius 3 is 2.68 bits per heavy atom. The fourth-order valence-electron chi connectivity index (χ4n) is 1.89. The number of hydrogen-bond acceptors (Lipinski definition) is 3. The third-order valence-corrected chi connectivity index (χ3v) is 3.16. The smallest absolute Gasteiger partial charge is 0.408 e. The van der Waals surface area contributed by atoms with Gasteiger partial charge < -0.3 is 9.84 Å². The summed E-state index contributed by atoms with van der Waals surface area (Å²) in [6, 6.07) is 3.34. The van der Waals surface area contributed by atoms with E-state index in [0.29, 0.717) is 5.88 Å². The van der Waals surface area contributed by atoms with Gasteiger partial charge in [0.1, 0.15) is 6.61 Å². The minimum Gasteiger partial charge on any atom is -0.475 e. The van der Waals surface area contributed by atoms with Crippen molar-refractivity contribution >= 4 is 22.0 Å². The van der Waals surface area contributed by atoms with Gasteiger partial charge in [0.15, 0.2) is 0 Å². The van der Waals surface area contributed by atoms with Gasteiger partial charge in [-0.25, -0.2) is 9.78 Å². The molecule has 5 nitrogen and oxygen atoms in total. The van der Waals surface area contributed by atoms with E-state index in [9.17, 15) is 9.90 Å². The average Bonchev–Trinajstić information content (AvgIpc) is 2.25. The molecule has 0 saturated carbocycles. The van der Waals surface area contributed by atoms with Crippen molar-refractivity contribution in [1.82, 2.24) is 9.88 Å². The second kappa shape index (κ2) is 6.23. The number of ether oxygens (including phenoxy) is 1. The number of amides is 1. The fourth-order valence-corrected chi connectivity index (χ4v) is 2.26. The zero-order valence-corrected chi connectivity index (χ0v) is 13.1. The molecule has 1 rings (SSSR count). The van der Waals surface area contributed by atoms with Crippen LogP contribution < -0.4 is 4.74 Å². The minimum atomic E-state index is -0.955. The monoisotopic (exact) mass is 330 g/mol. The second-order valence-electron chi connectivity index (χ2n) is 5.27. The first-order valence-corrected chi connectivity index (χ1v) is 6.78. The molecule has 1 heterocycles. The molecule has 0 radical (unpaired) electrons. The molecule has 1 atom stereocenters. The molecule has 0 aliphatic heterocycles. The number of hydrogen-bond donors (Lipinski definition) is 1. The topological polar surface area (TPSA) is 62.7 Å². The summed E-state index contributed by atoms with van der Waals surface area (Å²) >= 11 is 3.33. The minimum absolute atomic E-state index is 0.249. The summed E-state index contributed by atoms with van der Waals surface area (Å²) in [6.07, 6.45) is 0.674. The molecule has 6 heteroatoms. The Kier molecular flexibility index (Phi) is 5.17. The van der Waals surface area contributed by atoms with Crippen LogP contribution in [-0.4, -0.2) is 39.3 Å². The maximum Gasteiger partial charge on any atom is 0.408 e. The number of carbonyl (C=O) groups is 1. The highest BCUT2D eigenvalue weighted by Gasteiger charge is 2.31. The molecule has 19 heavy (non-hydrogen) atoms. The van der Waals surface area contributed by atoms with Gasteiger partial charge in [-0.05, 0) is 55.8 Å². The van der Waals surface area contributed by atoms with Crippen molar-refractivity contribution in [2.24, 2.45) is 0 Å². The number of carboxylic acid groups (broad SMARTS) is 1. The van der Waals surface area contributed by atoms with Gasteiger partial charge in [-0.1, -0.05) is 0 Å². The van der Waals surface area contributed by atoms with Gasteiger partial charge in [0, 0.05) is 11.7 Å². The molecular formula is C13H19BrN2O3. The van der Waals surface area contributed by atoms with Crippen LogP contribution in [0.5, 0.6) is 5.88 Å². The van der Waals surface area contributed by atoms with Crippen molar-refractivity contribution in [3.63, 3.8) is 0 Å². The third-order valence-electron chi connectivity index (χ3n) is 2.56. The summed E-state index contributed by atoms with van der Waals surface area (Å²) < 4.78 is 6.31. The van der Waals surface area contributed by atoms with Crippen LogP contribution in [0.4, 0.5) is 4.79 Å². The van der Waals surface area contributed by atoms with E-state index in [-0.39, 0.29) is 12.6 Å². The van der Waals surface area contributed by atoms with E-state index < -0.39 is 11.6 Å². The first-order chi connectivity index (χ1) is 8.73. The zero-order chi connectivity index (χ0) is 14.6. The zero-order valence-electron chi connectivity index (χ0n) is 11.6. The first-order valence-electron chi connectivity index (χ1n) is 5.99. The number of halogens is 1. The van der Waals surface area contributed by atoms with E-state index in [2.05, 4.69) is 20.9 Å². The Bertz CT molecular complexity index is 446. The van der Waals surface area contributed by atoms with Gasteiger partial charge in [-0.3, -0.25) is 4.90 Å². The van der Waals surface area contributed by atoms with Crippen LogP contribution >= 0.6 is 15.9 Å². The fraction of sp³-hybridized carbons (Fsp3) is 0.538. The Morgan fingerprint density at radius 2 is 2.21 bits per heavy atom. The van der Waals surface area contributed by atoms with Crippen molar-refractivity contribution in [3.05, 3.63) is 22.8 Å². The van der Waals surface area contributed by atoms with Crippen LogP contribution in [0.15, 0.2) is 22.8 Å². The van der Waals surface area contributed by atoms with Gasteiger partial charge in [-0.2, -0.15) is 0 Å². The Balaban J connectivity index is 2.71. The van der Waals surface area contributed by atoms with E-state index in [4.69, 9.17) is 4.74 Å². The Hall–Kier alpha value is -1.30. The highest BCUT2D eigenvalue weighted by molar-refractivity contribution is 9.10. The molecule has 0 aliphatic rings. The number of pyridine rings is 1. The number of aromatic nitrogens is 1. The lowest BCUT2D eigenvalue weighted by Gasteiger charge is -2.37. The number of rotatable bonds is 4. The summed E-state index contributed by atoms with van der Waals surface area (Å²) in [5.41, 5.74) is -0.476. The lowest BCUT2D eigenvalue weighted by Crippen LogP contribution is -2.52. The van der Waals surface area contributed by atoms with Gasteiger partial charge >= 0.3 is 6.09 Å². The van der Waals surface area contributed by atoms with Gasteiger partial charge in [0.05, 0.1) is 10.5 Å². The third kappa shape index (κ3) is 4.38. The molecule has 0 aliphatic carbocycles. The van der Waals surface area contributed by atoms with Crippen molar-refractivity contribution in [2.75, 3.05) is 6.61 Å². The standard InChI is InChI=1S/C13H19BrN2O3/c1-9(16(12(17)18)13(2,3)4)8-19-11-10(14)6-5-7-15-11/h5-7,9H,8H2,1-4H3,(H,17,18)/t9-/m0/s1. The molecule has 1 aromatic heterocycles. The van der Waals surface area contributed by atoms with E-state index in [1.807, 2.05) is 33.8 Å². The highest BCUT2D eigenvalue weighted by atomic mass is 79.9. The lowest BCUT2D eigenvalue weighted by molar-refractivity contribution is 0.0568. The van der Waals surface area contributed by atoms with Crippen molar-refractivity contribution in [3.8, 4) is 5.88 Å². The Labute approximate surface area is 121 Å². The van der Waals surface area contributed by atoms with Crippen molar-refractivity contribution in [1.29, 1.82) is 0 Å². The number of nitrogens with zero attached hydrogens (tertiary/aromatic N) is 2. The van der Waals surface area contributed by atoms with Gasteiger partial charge in [-0.15, -0.1) is 0 Å². The maximum absolute atomic E-state index is 11.3. The largest absolute Gasteiger partial charge is 0.475 e. The first kappa shape index (κ1) is 15.8. The molecule has 0 aromatic carbocycles. The predicted octanol–water partition coefficient (Wildman–Crippen LogP) is 3.39. The van der Waals surface area contributed by atoms with Crippen LogP contribution in [0, 0.1) is 0 Å². The molecule has 1 amide bonds. The van der Waals surface area contributed by atoms with Crippen LogP contribution in [0.2, 0.25) is 0 Å². The SMILES string of the molecule is C[C@@H](COc1ncccc1Br)N(C(=O)O)C(C)(C)C. The van der Waals surface area contributed by atoms with Gasteiger partial charge in [0.2, 0.25) is 5.88 Å². The molecule has 0 saturated heterocycles. The van der Waals surface area contributed by atoms with Crippen LogP contribution in [0.1, 0.15) is 27.7 Å². The quantitative estimate of drug-likeness (QED) is 0.919. The molecular weight excluding hydrogens is 312 g/mol. The normalized spacial score (nSPS) is 12.9. The van der Waals surface area contributed by atoms with E-state index in [0.717, 1.165) is 4.47 Å².